The van der Waals surface area contributed by atoms with Crippen LogP contribution >= 0.6 is 0 Å². The maximum atomic E-state index is 10.8. The van der Waals surface area contributed by atoms with Crippen LogP contribution < -0.4 is 10.6 Å². The van der Waals surface area contributed by atoms with Gasteiger partial charge in [-0.1, -0.05) is 0 Å². The summed E-state index contributed by atoms with van der Waals surface area (Å²) >= 11 is 0. The molecule has 0 unspecified atom stereocenters. The van der Waals surface area contributed by atoms with Crippen LogP contribution in [0.4, 0.5) is 17.1 Å². The highest BCUT2D eigenvalue weighted by molar-refractivity contribution is 5.63. The molecule has 7 heteroatoms. The van der Waals surface area contributed by atoms with E-state index in [4.69, 9.17) is 9.84 Å². The molecule has 0 amide bonds. The standard InChI is InChI=1S/C12H19N3O4/c1-2-13-10-7-11(9-12(8-10)15(17)18)14-3-5-19-6-4-16/h7-9,13-14,16H,2-6H2,1H3. The molecule has 0 aliphatic rings. The van der Waals surface area contributed by atoms with E-state index in [0.717, 1.165) is 0 Å². The number of nitro benzene ring substituents is 1. The van der Waals surface area contributed by atoms with Gasteiger partial charge in [-0.2, -0.15) is 0 Å². The van der Waals surface area contributed by atoms with Crippen LogP contribution in [0.2, 0.25) is 0 Å². The summed E-state index contributed by atoms with van der Waals surface area (Å²) in [4.78, 5) is 10.4. The Morgan fingerprint density at radius 3 is 2.53 bits per heavy atom. The van der Waals surface area contributed by atoms with Crippen LogP contribution in [0.3, 0.4) is 0 Å². The number of benzene rings is 1. The fourth-order valence-electron chi connectivity index (χ4n) is 1.56. The highest BCUT2D eigenvalue weighted by atomic mass is 16.6. The fourth-order valence-corrected chi connectivity index (χ4v) is 1.56. The quantitative estimate of drug-likeness (QED) is 0.356. The predicted octanol–water partition coefficient (Wildman–Crippen LogP) is 1.45. The fraction of sp³-hybridized carbons (Fsp3) is 0.500. The van der Waals surface area contributed by atoms with Crippen LogP contribution in [0.5, 0.6) is 0 Å². The predicted molar refractivity (Wildman–Crippen MR) is 73.7 cm³/mol. The van der Waals surface area contributed by atoms with Crippen molar-refractivity contribution in [2.45, 2.75) is 6.92 Å². The van der Waals surface area contributed by atoms with E-state index in [1.54, 1.807) is 0 Å². The molecule has 106 valence electrons. The molecule has 19 heavy (non-hydrogen) atoms. The van der Waals surface area contributed by atoms with Gasteiger partial charge in [0.15, 0.2) is 0 Å². The summed E-state index contributed by atoms with van der Waals surface area (Å²) in [6, 6.07) is 4.78. The SMILES string of the molecule is CCNc1cc(NCCOCCO)cc([N+](=O)[O-])c1. The normalized spacial score (nSPS) is 10.2. The van der Waals surface area contributed by atoms with Crippen molar-refractivity contribution in [1.29, 1.82) is 0 Å². The number of nitrogens with zero attached hydrogens (tertiary/aromatic N) is 1. The second-order valence-electron chi connectivity index (χ2n) is 3.82. The van der Waals surface area contributed by atoms with E-state index < -0.39 is 4.92 Å². The van der Waals surface area contributed by atoms with E-state index >= 15 is 0 Å². The van der Waals surface area contributed by atoms with Crippen molar-refractivity contribution >= 4 is 17.1 Å². The van der Waals surface area contributed by atoms with E-state index in [1.165, 1.54) is 12.1 Å². The molecule has 1 aromatic carbocycles. The highest BCUT2D eigenvalue weighted by Crippen LogP contribution is 2.24. The number of nitrogens with one attached hydrogen (secondary N) is 2. The van der Waals surface area contributed by atoms with E-state index in [1.807, 2.05) is 13.0 Å². The van der Waals surface area contributed by atoms with Crippen molar-refractivity contribution in [3.63, 3.8) is 0 Å². The van der Waals surface area contributed by atoms with E-state index in [2.05, 4.69) is 10.6 Å². The van der Waals surface area contributed by atoms with Crippen LogP contribution in [0, 0.1) is 10.1 Å². The zero-order valence-electron chi connectivity index (χ0n) is 10.9. The Bertz CT molecular complexity index is 412. The smallest absolute Gasteiger partial charge is 0.273 e. The van der Waals surface area contributed by atoms with Gasteiger partial charge in [0.1, 0.15) is 0 Å². The van der Waals surface area contributed by atoms with Gasteiger partial charge in [0.05, 0.1) is 24.7 Å². The van der Waals surface area contributed by atoms with Gasteiger partial charge < -0.3 is 20.5 Å². The van der Waals surface area contributed by atoms with E-state index in [0.29, 0.717) is 37.7 Å². The van der Waals surface area contributed by atoms with Crippen molar-refractivity contribution in [2.24, 2.45) is 0 Å². The van der Waals surface area contributed by atoms with Gasteiger partial charge in [0.2, 0.25) is 0 Å². The molecule has 0 aliphatic heterocycles. The number of anilines is 2. The number of nitro groups is 1. The first-order chi connectivity index (χ1) is 9.17. The van der Waals surface area contributed by atoms with Gasteiger partial charge in [-0.3, -0.25) is 10.1 Å². The number of aliphatic hydroxyl groups excluding tert-OH is 1. The molecule has 0 saturated heterocycles. The average Bonchev–Trinajstić information content (AvgIpc) is 2.38. The zero-order valence-corrected chi connectivity index (χ0v) is 10.9. The summed E-state index contributed by atoms with van der Waals surface area (Å²) in [5.41, 5.74) is 1.41. The largest absolute Gasteiger partial charge is 0.394 e. The monoisotopic (exact) mass is 269 g/mol. The van der Waals surface area contributed by atoms with Crippen LogP contribution in [-0.2, 0) is 4.74 Å². The summed E-state index contributed by atoms with van der Waals surface area (Å²) in [5.74, 6) is 0. The number of hydrogen-bond acceptors (Lipinski definition) is 6. The number of rotatable bonds is 9. The molecule has 0 heterocycles. The topological polar surface area (TPSA) is 96.7 Å². The number of hydrogen-bond donors (Lipinski definition) is 3. The van der Waals surface area contributed by atoms with E-state index in [-0.39, 0.29) is 12.3 Å². The molecule has 0 fully saturated rings. The second kappa shape index (κ2) is 8.28. The van der Waals surface area contributed by atoms with E-state index in [9.17, 15) is 10.1 Å². The minimum atomic E-state index is -0.422. The van der Waals surface area contributed by atoms with Gasteiger partial charge in [0.25, 0.3) is 5.69 Å². The number of ether oxygens (including phenoxy) is 1. The summed E-state index contributed by atoms with van der Waals surface area (Å²) in [6.45, 7) is 3.85. The average molecular weight is 269 g/mol. The third-order valence-electron chi connectivity index (χ3n) is 2.32. The van der Waals surface area contributed by atoms with Gasteiger partial charge in [-0.15, -0.1) is 0 Å². The first-order valence-electron chi connectivity index (χ1n) is 6.13. The third kappa shape index (κ3) is 5.54. The molecule has 0 atom stereocenters. The lowest BCUT2D eigenvalue weighted by Gasteiger charge is -2.09. The molecule has 0 saturated carbocycles. The summed E-state index contributed by atoms with van der Waals surface area (Å²) in [7, 11) is 0. The molecular weight excluding hydrogens is 250 g/mol. The van der Waals surface area contributed by atoms with Crippen molar-refractivity contribution < 1.29 is 14.8 Å². The van der Waals surface area contributed by atoms with Gasteiger partial charge in [0, 0.05) is 36.6 Å². The maximum Gasteiger partial charge on any atom is 0.273 e. The summed E-state index contributed by atoms with van der Waals surface area (Å²) in [6.07, 6.45) is 0. The van der Waals surface area contributed by atoms with Crippen LogP contribution in [0.15, 0.2) is 18.2 Å². The van der Waals surface area contributed by atoms with Gasteiger partial charge in [-0.05, 0) is 13.0 Å². The molecule has 0 radical (unpaired) electrons. The minimum Gasteiger partial charge on any atom is -0.394 e. The lowest BCUT2D eigenvalue weighted by Crippen LogP contribution is -2.11. The van der Waals surface area contributed by atoms with Gasteiger partial charge in [-0.25, -0.2) is 0 Å². The molecule has 0 spiro atoms. The molecule has 1 aromatic rings. The Labute approximate surface area is 111 Å². The number of non-ortho nitro benzene ring substituents is 1. The minimum absolute atomic E-state index is 0.0125. The first kappa shape index (κ1) is 15.2. The molecule has 3 N–H and O–H groups in total. The third-order valence-corrected chi connectivity index (χ3v) is 2.32. The van der Waals surface area contributed by atoms with Crippen LogP contribution in [0.1, 0.15) is 6.92 Å². The molecule has 1 rings (SSSR count). The molecular formula is C12H19N3O4. The second-order valence-corrected chi connectivity index (χ2v) is 3.82. The Kier molecular flexibility index (Phi) is 6.62. The van der Waals surface area contributed by atoms with Crippen molar-refractivity contribution in [3.8, 4) is 0 Å². The lowest BCUT2D eigenvalue weighted by molar-refractivity contribution is -0.384. The van der Waals surface area contributed by atoms with Gasteiger partial charge >= 0.3 is 0 Å². The Morgan fingerprint density at radius 2 is 1.95 bits per heavy atom. The number of aliphatic hydroxyl groups is 1. The Morgan fingerprint density at radius 1 is 1.26 bits per heavy atom. The van der Waals surface area contributed by atoms with Crippen LogP contribution in [-0.4, -0.2) is 42.9 Å². The zero-order chi connectivity index (χ0) is 14.1. The Balaban J connectivity index is 2.62. The first-order valence-corrected chi connectivity index (χ1v) is 6.13. The lowest BCUT2D eigenvalue weighted by atomic mass is 10.2. The van der Waals surface area contributed by atoms with Crippen molar-refractivity contribution in [1.82, 2.24) is 0 Å². The molecule has 0 aromatic heterocycles. The van der Waals surface area contributed by atoms with Crippen LogP contribution in [0.25, 0.3) is 0 Å². The summed E-state index contributed by atoms with van der Waals surface area (Å²) < 4.78 is 5.10. The Hall–Kier alpha value is -1.86. The summed E-state index contributed by atoms with van der Waals surface area (Å²) in [5, 5.41) is 25.5. The molecule has 7 nitrogen and oxygen atoms in total. The van der Waals surface area contributed by atoms with Crippen molar-refractivity contribution in [3.05, 3.63) is 28.3 Å². The molecule has 0 aliphatic carbocycles. The highest BCUT2D eigenvalue weighted by Gasteiger charge is 2.09. The molecule has 0 bridgehead atoms. The maximum absolute atomic E-state index is 10.8. The van der Waals surface area contributed by atoms with Crippen molar-refractivity contribution in [2.75, 3.05) is 43.5 Å².